The van der Waals surface area contributed by atoms with E-state index < -0.39 is 43.7 Å². The van der Waals surface area contributed by atoms with E-state index in [0.29, 0.717) is 5.69 Å². The Balaban J connectivity index is 1.91. The highest BCUT2D eigenvalue weighted by Crippen LogP contribution is 2.43. The van der Waals surface area contributed by atoms with Crippen molar-refractivity contribution in [1.29, 1.82) is 0 Å². The molecule has 9 heteroatoms. The third-order valence-electron chi connectivity index (χ3n) is 8.59. The summed E-state index contributed by atoms with van der Waals surface area (Å²) < 4.78 is 20.5. The molecule has 1 N–H and O–H groups in total. The molecule has 3 aromatic carbocycles. The summed E-state index contributed by atoms with van der Waals surface area (Å²) >= 11 is 0. The smallest absolute Gasteiger partial charge is 0.407 e. The molecule has 1 aromatic heterocycles. The monoisotopic (exact) mass is 655 g/mol. The number of rotatable bonds is 11. The fourth-order valence-corrected chi connectivity index (χ4v) is 6.66. The van der Waals surface area contributed by atoms with Crippen LogP contribution in [0.2, 0.25) is 18.1 Å². The second-order valence-electron chi connectivity index (χ2n) is 14.3. The Bertz CT molecular complexity index is 1510. The first-order valence-corrected chi connectivity index (χ1v) is 19.0. The van der Waals surface area contributed by atoms with Crippen molar-refractivity contribution in [2.24, 2.45) is 0 Å². The number of benzene rings is 3. The Morgan fingerprint density at radius 2 is 1.28 bits per heavy atom. The van der Waals surface area contributed by atoms with Gasteiger partial charge in [0.1, 0.15) is 23.3 Å². The van der Waals surface area contributed by atoms with E-state index in [0.717, 1.165) is 16.7 Å². The van der Waals surface area contributed by atoms with Gasteiger partial charge < -0.3 is 23.8 Å². The molecule has 0 aliphatic rings. The van der Waals surface area contributed by atoms with Gasteiger partial charge in [-0.2, -0.15) is 0 Å². The van der Waals surface area contributed by atoms with Crippen LogP contribution in [0.3, 0.4) is 0 Å². The van der Waals surface area contributed by atoms with Crippen LogP contribution in [0.5, 0.6) is 0 Å². The Morgan fingerprint density at radius 1 is 0.809 bits per heavy atom. The number of carbonyl (C=O) groups excluding carboxylic acids is 2. The van der Waals surface area contributed by atoms with Gasteiger partial charge in [-0.25, -0.2) is 9.78 Å². The van der Waals surface area contributed by atoms with Gasteiger partial charge in [0.25, 0.3) is 0 Å². The van der Waals surface area contributed by atoms with E-state index in [2.05, 4.69) is 80.1 Å². The Hall–Kier alpha value is -4.21. The fraction of sp³-hybridized carbons (Fsp3) is 0.395. The first kappa shape index (κ1) is 35.6. The zero-order chi connectivity index (χ0) is 34.5. The number of amides is 1. The first-order chi connectivity index (χ1) is 22.0. The SMILES string of the molecule is CC(=O)O[C@H](CNC(=O)OC(C)(C)C)[C@@H](O[Si](C)(C)C(C)(C)C)c1cn(C(c2ccccc2)(c2ccccc2)c2ccccc2)cn1. The van der Waals surface area contributed by atoms with Crippen molar-refractivity contribution in [2.75, 3.05) is 6.54 Å². The third-order valence-corrected chi connectivity index (χ3v) is 13.0. The van der Waals surface area contributed by atoms with Gasteiger partial charge in [0.05, 0.1) is 18.6 Å². The van der Waals surface area contributed by atoms with E-state index in [-0.39, 0.29) is 11.6 Å². The summed E-state index contributed by atoms with van der Waals surface area (Å²) in [6.45, 7) is 17.5. The number of hydrogen-bond acceptors (Lipinski definition) is 6. The maximum atomic E-state index is 12.7. The molecule has 4 aromatic rings. The van der Waals surface area contributed by atoms with Gasteiger partial charge >= 0.3 is 12.1 Å². The van der Waals surface area contributed by atoms with Gasteiger partial charge in [0, 0.05) is 13.1 Å². The van der Waals surface area contributed by atoms with Crippen LogP contribution in [-0.4, -0.2) is 48.2 Å². The summed E-state index contributed by atoms with van der Waals surface area (Å²) in [7, 11) is -2.47. The number of aromatic nitrogens is 2. The van der Waals surface area contributed by atoms with Gasteiger partial charge in [-0.15, -0.1) is 0 Å². The van der Waals surface area contributed by atoms with E-state index in [1.54, 1.807) is 20.8 Å². The number of imidazole rings is 1. The molecule has 1 amide bonds. The minimum absolute atomic E-state index is 0.0260. The van der Waals surface area contributed by atoms with E-state index in [4.69, 9.17) is 18.9 Å². The largest absolute Gasteiger partial charge is 0.458 e. The molecule has 4 rings (SSSR count). The van der Waals surface area contributed by atoms with Crippen molar-refractivity contribution in [3.63, 3.8) is 0 Å². The maximum Gasteiger partial charge on any atom is 0.407 e. The number of alkyl carbamates (subject to hydrolysis) is 1. The van der Waals surface area contributed by atoms with E-state index in [1.807, 2.05) is 67.1 Å². The maximum absolute atomic E-state index is 12.7. The number of carbonyl (C=O) groups is 2. The van der Waals surface area contributed by atoms with Gasteiger partial charge in [-0.3, -0.25) is 4.79 Å². The van der Waals surface area contributed by atoms with Crippen molar-refractivity contribution >= 4 is 20.4 Å². The van der Waals surface area contributed by atoms with Crippen LogP contribution < -0.4 is 5.32 Å². The number of ether oxygens (including phenoxy) is 2. The van der Waals surface area contributed by atoms with Crippen molar-refractivity contribution in [3.8, 4) is 0 Å². The number of esters is 1. The van der Waals surface area contributed by atoms with Crippen molar-refractivity contribution < 1.29 is 23.5 Å². The van der Waals surface area contributed by atoms with Crippen molar-refractivity contribution in [3.05, 3.63) is 126 Å². The zero-order valence-electron chi connectivity index (χ0n) is 29.1. The molecule has 0 saturated heterocycles. The fourth-order valence-electron chi connectivity index (χ4n) is 5.40. The summed E-state index contributed by atoms with van der Waals surface area (Å²) in [5, 5.41) is 2.64. The van der Waals surface area contributed by atoms with E-state index in [9.17, 15) is 9.59 Å². The lowest BCUT2D eigenvalue weighted by molar-refractivity contribution is -0.151. The minimum Gasteiger partial charge on any atom is -0.458 e. The van der Waals surface area contributed by atoms with Gasteiger partial charge in [-0.05, 0) is 55.6 Å². The number of nitrogens with one attached hydrogen (secondary N) is 1. The summed E-state index contributed by atoms with van der Waals surface area (Å²) in [5.41, 5.74) is 2.25. The zero-order valence-corrected chi connectivity index (χ0v) is 30.1. The standard InChI is InChI=1S/C38H49N3O5Si/c1-28(42)44-33(25-39-35(43)45-36(2,3)4)34(46-47(8,9)37(5,6)7)32-26-41(27-40-32)38(29-19-13-10-14-20-29,30-21-15-11-16-22-30)31-23-17-12-18-24-31/h10-24,26-27,33-34H,25H2,1-9H3,(H,39,43)/t33-,34+/m1/s1. The second kappa shape index (κ2) is 14.3. The Kier molecular flexibility index (Phi) is 10.8. The van der Waals surface area contributed by atoms with Crippen LogP contribution in [0.1, 0.15) is 77.0 Å². The van der Waals surface area contributed by atoms with Crippen LogP contribution in [0.25, 0.3) is 0 Å². The Labute approximate surface area is 280 Å². The molecular formula is C38H49N3O5Si. The van der Waals surface area contributed by atoms with Crippen LogP contribution in [0.4, 0.5) is 4.79 Å². The summed E-state index contributed by atoms with van der Waals surface area (Å²) in [5.74, 6) is -0.489. The average molecular weight is 656 g/mol. The highest BCUT2D eigenvalue weighted by atomic mass is 28.4. The van der Waals surface area contributed by atoms with Gasteiger partial charge in [0.15, 0.2) is 8.32 Å². The molecule has 47 heavy (non-hydrogen) atoms. The first-order valence-electron chi connectivity index (χ1n) is 16.1. The lowest BCUT2D eigenvalue weighted by Crippen LogP contribution is -2.47. The number of hydrogen-bond donors (Lipinski definition) is 1. The minimum atomic E-state index is -2.47. The molecule has 0 aliphatic heterocycles. The quantitative estimate of drug-likeness (QED) is 0.0994. The molecule has 0 aliphatic carbocycles. The van der Waals surface area contributed by atoms with Crippen LogP contribution in [0, 0.1) is 0 Å². The topological polar surface area (TPSA) is 91.7 Å². The van der Waals surface area contributed by atoms with Crippen LogP contribution >= 0.6 is 0 Å². The average Bonchev–Trinajstić information content (AvgIpc) is 3.49. The van der Waals surface area contributed by atoms with Gasteiger partial charge in [-0.1, -0.05) is 112 Å². The molecule has 250 valence electrons. The highest BCUT2D eigenvalue weighted by molar-refractivity contribution is 6.74. The highest BCUT2D eigenvalue weighted by Gasteiger charge is 2.44. The predicted octanol–water partition coefficient (Wildman–Crippen LogP) is 8.24. The van der Waals surface area contributed by atoms with Crippen LogP contribution in [0.15, 0.2) is 104 Å². The Morgan fingerprint density at radius 3 is 1.68 bits per heavy atom. The molecule has 0 fully saturated rings. The summed E-state index contributed by atoms with van der Waals surface area (Å²) in [4.78, 5) is 30.2. The molecule has 2 atom stereocenters. The molecule has 0 bridgehead atoms. The third kappa shape index (κ3) is 8.39. The molecular weight excluding hydrogens is 607 g/mol. The lowest BCUT2D eigenvalue weighted by atomic mass is 9.77. The molecule has 0 radical (unpaired) electrons. The lowest BCUT2D eigenvalue weighted by Gasteiger charge is -2.41. The molecule has 1 heterocycles. The molecule has 0 unspecified atom stereocenters. The van der Waals surface area contributed by atoms with Crippen molar-refractivity contribution in [2.45, 2.75) is 89.9 Å². The van der Waals surface area contributed by atoms with Crippen LogP contribution in [-0.2, 0) is 24.2 Å². The predicted molar refractivity (Wildman–Crippen MR) is 188 cm³/mol. The number of nitrogens with zero attached hydrogens (tertiary/aromatic N) is 2. The molecule has 0 spiro atoms. The summed E-state index contributed by atoms with van der Waals surface area (Å²) in [6, 6.07) is 31.0. The normalized spacial score (nSPS) is 13.8. The van der Waals surface area contributed by atoms with E-state index in [1.165, 1.54) is 6.92 Å². The summed E-state index contributed by atoms with van der Waals surface area (Å²) in [6.07, 6.45) is 1.53. The second-order valence-corrected chi connectivity index (χ2v) is 19.1. The van der Waals surface area contributed by atoms with Gasteiger partial charge in [0.2, 0.25) is 0 Å². The molecule has 0 saturated carbocycles. The molecule has 8 nitrogen and oxygen atoms in total. The van der Waals surface area contributed by atoms with E-state index >= 15 is 0 Å². The van der Waals surface area contributed by atoms with Crippen molar-refractivity contribution in [1.82, 2.24) is 14.9 Å².